The van der Waals surface area contributed by atoms with E-state index in [1.54, 1.807) is 0 Å². The lowest BCUT2D eigenvalue weighted by Gasteiger charge is -2.15. The zero-order chi connectivity index (χ0) is 19.1. The SMILES string of the molecule is CCCCCCCCOC(=O)c1ccc(C(F)(F)F)cc1C(F)(F)F. The van der Waals surface area contributed by atoms with Gasteiger partial charge in [-0.2, -0.15) is 26.3 Å². The average molecular weight is 370 g/mol. The molecule has 0 bridgehead atoms. The van der Waals surface area contributed by atoms with Gasteiger partial charge in [0.05, 0.1) is 23.3 Å². The third-order valence-corrected chi connectivity index (χ3v) is 3.60. The Morgan fingerprint density at radius 3 is 2.08 bits per heavy atom. The number of rotatable bonds is 8. The molecule has 0 heterocycles. The number of unbranched alkanes of at least 4 members (excludes halogenated alkanes) is 5. The summed E-state index contributed by atoms with van der Waals surface area (Å²) >= 11 is 0. The Hall–Kier alpha value is -1.73. The van der Waals surface area contributed by atoms with Crippen LogP contribution in [0.5, 0.6) is 0 Å². The van der Waals surface area contributed by atoms with Crippen LogP contribution in [0.25, 0.3) is 0 Å². The molecule has 0 saturated carbocycles. The van der Waals surface area contributed by atoms with Gasteiger partial charge in [0.2, 0.25) is 0 Å². The molecule has 0 unspecified atom stereocenters. The minimum Gasteiger partial charge on any atom is -0.462 e. The number of esters is 1. The van der Waals surface area contributed by atoms with Crippen molar-refractivity contribution in [3.05, 3.63) is 34.9 Å². The second kappa shape index (κ2) is 9.10. The van der Waals surface area contributed by atoms with Crippen molar-refractivity contribution in [2.45, 2.75) is 57.8 Å². The quantitative estimate of drug-likeness (QED) is 0.307. The van der Waals surface area contributed by atoms with Crippen molar-refractivity contribution in [1.82, 2.24) is 0 Å². The first-order valence-corrected chi connectivity index (χ1v) is 8.03. The van der Waals surface area contributed by atoms with Gasteiger partial charge in [-0.25, -0.2) is 4.79 Å². The number of hydrogen-bond donors (Lipinski definition) is 0. The second-order valence-corrected chi connectivity index (χ2v) is 5.66. The summed E-state index contributed by atoms with van der Waals surface area (Å²) in [5, 5.41) is 0. The molecule has 8 heteroatoms. The van der Waals surface area contributed by atoms with Crippen molar-refractivity contribution in [2.24, 2.45) is 0 Å². The monoisotopic (exact) mass is 370 g/mol. The maximum atomic E-state index is 13.0. The number of alkyl halides is 6. The molecule has 0 aliphatic carbocycles. The van der Waals surface area contributed by atoms with Crippen LogP contribution in [-0.4, -0.2) is 12.6 Å². The van der Waals surface area contributed by atoms with Gasteiger partial charge in [-0.3, -0.25) is 0 Å². The van der Waals surface area contributed by atoms with E-state index in [1.165, 1.54) is 0 Å². The number of ether oxygens (including phenoxy) is 1. The number of carbonyl (C=O) groups is 1. The second-order valence-electron chi connectivity index (χ2n) is 5.66. The fraction of sp³-hybridized carbons (Fsp3) is 0.588. The van der Waals surface area contributed by atoms with E-state index >= 15 is 0 Å². The predicted octanol–water partition coefficient (Wildman–Crippen LogP) is 6.24. The fourth-order valence-electron chi connectivity index (χ4n) is 2.26. The molecule has 0 saturated heterocycles. The lowest BCUT2D eigenvalue weighted by Crippen LogP contribution is -2.18. The Kier molecular flexibility index (Phi) is 7.76. The molecular formula is C17H20F6O2. The van der Waals surface area contributed by atoms with Crippen LogP contribution < -0.4 is 0 Å². The molecule has 0 radical (unpaired) electrons. The van der Waals surface area contributed by atoms with Crippen molar-refractivity contribution in [3.63, 3.8) is 0 Å². The molecule has 0 spiro atoms. The molecule has 0 fully saturated rings. The van der Waals surface area contributed by atoms with Crippen molar-refractivity contribution in [3.8, 4) is 0 Å². The maximum Gasteiger partial charge on any atom is 0.417 e. The Balaban J connectivity index is 2.74. The molecule has 0 aromatic heterocycles. The molecule has 142 valence electrons. The van der Waals surface area contributed by atoms with E-state index in [0.29, 0.717) is 18.6 Å². The first-order valence-electron chi connectivity index (χ1n) is 8.03. The first kappa shape index (κ1) is 21.3. The van der Waals surface area contributed by atoms with Crippen molar-refractivity contribution < 1.29 is 35.9 Å². The fourth-order valence-corrected chi connectivity index (χ4v) is 2.26. The predicted molar refractivity (Wildman–Crippen MR) is 80.1 cm³/mol. The molecule has 1 aromatic rings. The van der Waals surface area contributed by atoms with E-state index in [4.69, 9.17) is 4.74 Å². The van der Waals surface area contributed by atoms with Crippen LogP contribution in [-0.2, 0) is 17.1 Å². The van der Waals surface area contributed by atoms with Crippen LogP contribution in [0.15, 0.2) is 18.2 Å². The Morgan fingerprint density at radius 2 is 1.52 bits per heavy atom. The molecule has 25 heavy (non-hydrogen) atoms. The van der Waals surface area contributed by atoms with Gasteiger partial charge in [0.1, 0.15) is 0 Å². The van der Waals surface area contributed by atoms with E-state index in [1.807, 2.05) is 0 Å². The van der Waals surface area contributed by atoms with Crippen molar-refractivity contribution >= 4 is 5.97 Å². The number of benzene rings is 1. The summed E-state index contributed by atoms with van der Waals surface area (Å²) in [6.45, 7) is 1.99. The standard InChI is InChI=1S/C17H20F6O2/c1-2-3-4-5-6-7-10-25-15(24)13-9-8-12(16(18,19)20)11-14(13)17(21,22)23/h8-9,11H,2-7,10H2,1H3. The third-order valence-electron chi connectivity index (χ3n) is 3.60. The van der Waals surface area contributed by atoms with E-state index in [2.05, 4.69) is 6.92 Å². The molecule has 0 atom stereocenters. The third kappa shape index (κ3) is 6.96. The maximum absolute atomic E-state index is 13.0. The van der Waals surface area contributed by atoms with Crippen LogP contribution >= 0.6 is 0 Å². The normalized spacial score (nSPS) is 12.3. The molecule has 0 aliphatic heterocycles. The largest absolute Gasteiger partial charge is 0.462 e. The summed E-state index contributed by atoms with van der Waals surface area (Å²) in [4.78, 5) is 11.8. The van der Waals surface area contributed by atoms with E-state index in [0.717, 1.165) is 32.1 Å². The van der Waals surface area contributed by atoms with Crippen LogP contribution in [0.3, 0.4) is 0 Å². The minimum atomic E-state index is -5.09. The Morgan fingerprint density at radius 1 is 0.920 bits per heavy atom. The number of halogens is 6. The van der Waals surface area contributed by atoms with E-state index < -0.39 is 35.0 Å². The Labute approximate surface area is 142 Å². The van der Waals surface area contributed by atoms with E-state index in [9.17, 15) is 31.1 Å². The highest BCUT2D eigenvalue weighted by atomic mass is 19.4. The van der Waals surface area contributed by atoms with Gasteiger partial charge >= 0.3 is 18.3 Å². The Bertz CT molecular complexity index is 563. The average Bonchev–Trinajstić information content (AvgIpc) is 2.51. The van der Waals surface area contributed by atoms with Gasteiger partial charge in [-0.1, -0.05) is 39.0 Å². The highest BCUT2D eigenvalue weighted by Crippen LogP contribution is 2.37. The van der Waals surface area contributed by atoms with Crippen molar-refractivity contribution in [1.29, 1.82) is 0 Å². The number of hydrogen-bond acceptors (Lipinski definition) is 2. The van der Waals surface area contributed by atoms with Crippen LogP contribution in [0.4, 0.5) is 26.3 Å². The van der Waals surface area contributed by atoms with Gasteiger partial charge in [-0.15, -0.1) is 0 Å². The first-order chi connectivity index (χ1) is 11.6. The molecule has 1 aromatic carbocycles. The molecule has 1 rings (SSSR count). The van der Waals surface area contributed by atoms with Gasteiger partial charge in [0, 0.05) is 0 Å². The summed E-state index contributed by atoms with van der Waals surface area (Å²) in [5.74, 6) is -1.27. The highest BCUT2D eigenvalue weighted by molar-refractivity contribution is 5.91. The van der Waals surface area contributed by atoms with Crippen LogP contribution in [0, 0.1) is 0 Å². The summed E-state index contributed by atoms with van der Waals surface area (Å²) in [6, 6.07) is 0.882. The van der Waals surface area contributed by atoms with Gasteiger partial charge < -0.3 is 4.74 Å². The summed E-state index contributed by atoms with van der Waals surface area (Å²) in [7, 11) is 0. The van der Waals surface area contributed by atoms with Crippen LogP contribution in [0.2, 0.25) is 0 Å². The lowest BCUT2D eigenvalue weighted by molar-refractivity contribution is -0.143. The molecule has 0 aliphatic rings. The van der Waals surface area contributed by atoms with Gasteiger partial charge in [0.15, 0.2) is 0 Å². The zero-order valence-corrected chi connectivity index (χ0v) is 13.8. The smallest absolute Gasteiger partial charge is 0.417 e. The molecule has 2 nitrogen and oxygen atoms in total. The molecular weight excluding hydrogens is 350 g/mol. The van der Waals surface area contributed by atoms with Crippen LogP contribution in [0.1, 0.15) is 66.9 Å². The molecule has 0 amide bonds. The highest BCUT2D eigenvalue weighted by Gasteiger charge is 2.39. The van der Waals surface area contributed by atoms with Gasteiger partial charge in [0.25, 0.3) is 0 Å². The molecule has 0 N–H and O–H groups in total. The summed E-state index contributed by atoms with van der Waals surface area (Å²) < 4.78 is 81.4. The van der Waals surface area contributed by atoms with E-state index in [-0.39, 0.29) is 12.7 Å². The van der Waals surface area contributed by atoms with Gasteiger partial charge in [-0.05, 0) is 24.6 Å². The topological polar surface area (TPSA) is 26.3 Å². The summed E-state index contributed by atoms with van der Waals surface area (Å²) in [6.07, 6.45) is -4.63. The summed E-state index contributed by atoms with van der Waals surface area (Å²) in [5.41, 5.74) is -4.02. The zero-order valence-electron chi connectivity index (χ0n) is 13.8. The van der Waals surface area contributed by atoms with Crippen molar-refractivity contribution in [2.75, 3.05) is 6.61 Å². The minimum absolute atomic E-state index is 0.0662. The lowest BCUT2D eigenvalue weighted by atomic mass is 10.0. The number of carbonyl (C=O) groups excluding carboxylic acids is 1.